The highest BCUT2D eigenvalue weighted by Gasteiger charge is 2.30. The summed E-state index contributed by atoms with van der Waals surface area (Å²) in [6, 6.07) is 10.3. The summed E-state index contributed by atoms with van der Waals surface area (Å²) in [5.74, 6) is -0.0803. The third-order valence-electron chi connectivity index (χ3n) is 4.61. The van der Waals surface area contributed by atoms with Crippen LogP contribution in [0.15, 0.2) is 55.1 Å². The van der Waals surface area contributed by atoms with E-state index in [1.807, 2.05) is 33.7 Å². The van der Waals surface area contributed by atoms with Crippen LogP contribution in [0.5, 0.6) is 0 Å². The van der Waals surface area contributed by atoms with Crippen molar-refractivity contribution < 1.29 is 9.53 Å². The summed E-state index contributed by atoms with van der Waals surface area (Å²) >= 11 is 0. The number of imidazole rings is 1. The van der Waals surface area contributed by atoms with Crippen LogP contribution >= 0.6 is 0 Å². The fourth-order valence-electron chi connectivity index (χ4n) is 3.25. The Morgan fingerprint density at radius 1 is 1.20 bits per heavy atom. The van der Waals surface area contributed by atoms with Gasteiger partial charge in [-0.25, -0.2) is 9.97 Å². The quantitative estimate of drug-likeness (QED) is 0.717. The number of nitrogens with zero attached hydrogens (tertiary/aromatic N) is 4. The zero-order valence-corrected chi connectivity index (χ0v) is 13.9. The topological polar surface area (TPSA) is 59.7 Å². The number of carbonyl (C=O) groups is 1. The molecule has 0 radical (unpaired) electrons. The summed E-state index contributed by atoms with van der Waals surface area (Å²) in [6.07, 6.45) is 8.61. The molecular formula is C19H20N4O2. The first-order valence-corrected chi connectivity index (χ1v) is 8.53. The molecule has 6 heteroatoms. The second-order valence-corrected chi connectivity index (χ2v) is 6.19. The Morgan fingerprint density at radius 2 is 2.00 bits per heavy atom. The van der Waals surface area contributed by atoms with Crippen LogP contribution in [0.1, 0.15) is 22.5 Å². The summed E-state index contributed by atoms with van der Waals surface area (Å²) < 4.78 is 7.33. The molecule has 6 nitrogen and oxygen atoms in total. The number of fused-ring (bicyclic) bond motifs is 1. The molecule has 0 saturated carbocycles. The molecule has 0 N–H and O–H groups in total. The molecule has 1 atom stereocenters. The molecular weight excluding hydrogens is 316 g/mol. The van der Waals surface area contributed by atoms with E-state index in [9.17, 15) is 4.79 Å². The second-order valence-electron chi connectivity index (χ2n) is 6.19. The fraction of sp³-hybridized carbons (Fsp3) is 0.316. The van der Waals surface area contributed by atoms with Gasteiger partial charge in [-0.15, -0.1) is 0 Å². The Bertz CT molecular complexity index is 856. The van der Waals surface area contributed by atoms with E-state index in [1.165, 1.54) is 5.56 Å². The number of hydrogen-bond donors (Lipinski definition) is 0. The van der Waals surface area contributed by atoms with Gasteiger partial charge in [0.25, 0.3) is 5.91 Å². The number of aromatic nitrogens is 3. The van der Waals surface area contributed by atoms with Crippen molar-refractivity contribution in [1.82, 2.24) is 19.3 Å². The van der Waals surface area contributed by atoms with Crippen molar-refractivity contribution in [3.63, 3.8) is 0 Å². The van der Waals surface area contributed by atoms with Gasteiger partial charge in [-0.05, 0) is 18.4 Å². The Kier molecular flexibility index (Phi) is 4.43. The zero-order valence-electron chi connectivity index (χ0n) is 13.9. The number of hydrogen-bond acceptors (Lipinski definition) is 4. The average Bonchev–Trinajstić information content (AvgIpc) is 3.34. The summed E-state index contributed by atoms with van der Waals surface area (Å²) in [4.78, 5) is 23.7. The molecule has 1 amide bonds. The van der Waals surface area contributed by atoms with E-state index >= 15 is 0 Å². The lowest BCUT2D eigenvalue weighted by Crippen LogP contribution is -2.42. The minimum absolute atomic E-state index is 0.0803. The predicted molar refractivity (Wildman–Crippen MR) is 93.4 cm³/mol. The van der Waals surface area contributed by atoms with Crippen LogP contribution in [0.2, 0.25) is 0 Å². The zero-order chi connectivity index (χ0) is 17.1. The van der Waals surface area contributed by atoms with Crippen molar-refractivity contribution in [2.24, 2.45) is 0 Å². The molecule has 1 fully saturated rings. The molecule has 1 saturated heterocycles. The summed E-state index contributed by atoms with van der Waals surface area (Å²) in [6.45, 7) is 1.92. The smallest absolute Gasteiger partial charge is 0.276 e. The van der Waals surface area contributed by atoms with Gasteiger partial charge in [-0.2, -0.15) is 0 Å². The van der Waals surface area contributed by atoms with Gasteiger partial charge in [0.05, 0.1) is 12.6 Å². The molecule has 25 heavy (non-hydrogen) atoms. The van der Waals surface area contributed by atoms with Crippen molar-refractivity contribution in [3.8, 4) is 0 Å². The summed E-state index contributed by atoms with van der Waals surface area (Å²) in [5.41, 5.74) is 2.20. The molecule has 1 aromatic carbocycles. The van der Waals surface area contributed by atoms with E-state index in [0.717, 1.165) is 12.8 Å². The molecule has 0 aliphatic carbocycles. The lowest BCUT2D eigenvalue weighted by molar-refractivity contribution is 0.0652. The second kappa shape index (κ2) is 7.03. The van der Waals surface area contributed by atoms with Gasteiger partial charge >= 0.3 is 0 Å². The average molecular weight is 336 g/mol. The fourth-order valence-corrected chi connectivity index (χ4v) is 3.25. The first-order chi connectivity index (χ1) is 12.3. The van der Waals surface area contributed by atoms with Crippen LogP contribution in [-0.4, -0.2) is 51.0 Å². The van der Waals surface area contributed by atoms with Gasteiger partial charge in [0.2, 0.25) is 0 Å². The van der Waals surface area contributed by atoms with E-state index < -0.39 is 0 Å². The SMILES string of the molecule is O=C(c1nccn2ccnc12)N(CCc1ccccc1)[C@H]1CCOC1. The summed E-state index contributed by atoms with van der Waals surface area (Å²) in [7, 11) is 0. The Morgan fingerprint density at radius 3 is 2.76 bits per heavy atom. The highest BCUT2D eigenvalue weighted by atomic mass is 16.5. The third-order valence-corrected chi connectivity index (χ3v) is 4.61. The highest BCUT2D eigenvalue weighted by molar-refractivity contribution is 5.98. The van der Waals surface area contributed by atoms with Gasteiger partial charge in [0.15, 0.2) is 11.3 Å². The van der Waals surface area contributed by atoms with Crippen LogP contribution in [0.25, 0.3) is 5.65 Å². The van der Waals surface area contributed by atoms with Crippen LogP contribution in [0.3, 0.4) is 0 Å². The maximum atomic E-state index is 13.2. The van der Waals surface area contributed by atoms with E-state index in [2.05, 4.69) is 22.1 Å². The molecule has 2 aromatic heterocycles. The van der Waals surface area contributed by atoms with E-state index in [4.69, 9.17) is 4.74 Å². The standard InChI is InChI=1S/C19H20N4O2/c24-19(17-18-21-9-12-22(18)11-8-20-17)23(16-7-13-25-14-16)10-6-15-4-2-1-3-5-15/h1-5,8-9,11-12,16H,6-7,10,13-14H2/t16-/m0/s1. The normalized spacial score (nSPS) is 17.0. The molecule has 1 aliphatic rings. The molecule has 3 aromatic rings. The van der Waals surface area contributed by atoms with Gasteiger partial charge < -0.3 is 14.0 Å². The van der Waals surface area contributed by atoms with Gasteiger partial charge in [0, 0.05) is 37.9 Å². The maximum absolute atomic E-state index is 13.2. The van der Waals surface area contributed by atoms with Gasteiger partial charge in [0.1, 0.15) is 0 Å². The Balaban J connectivity index is 1.60. The number of carbonyl (C=O) groups excluding carboxylic acids is 1. The molecule has 3 heterocycles. The first-order valence-electron chi connectivity index (χ1n) is 8.53. The van der Waals surface area contributed by atoms with E-state index in [1.54, 1.807) is 18.6 Å². The van der Waals surface area contributed by atoms with Crippen LogP contribution in [0, 0.1) is 0 Å². The van der Waals surface area contributed by atoms with Crippen molar-refractivity contribution in [2.45, 2.75) is 18.9 Å². The Labute approximate surface area is 146 Å². The molecule has 128 valence electrons. The molecule has 4 rings (SSSR count). The minimum Gasteiger partial charge on any atom is -0.379 e. The number of ether oxygens (including phenoxy) is 1. The summed E-state index contributed by atoms with van der Waals surface area (Å²) in [5, 5.41) is 0. The maximum Gasteiger partial charge on any atom is 0.276 e. The molecule has 1 aliphatic heterocycles. The van der Waals surface area contributed by atoms with Crippen LogP contribution in [0.4, 0.5) is 0 Å². The first kappa shape index (κ1) is 15.8. The number of amides is 1. The highest BCUT2D eigenvalue weighted by Crippen LogP contribution is 2.18. The van der Waals surface area contributed by atoms with E-state index in [0.29, 0.717) is 31.1 Å². The predicted octanol–water partition coefficient (Wildman–Crippen LogP) is 2.20. The van der Waals surface area contributed by atoms with E-state index in [-0.39, 0.29) is 11.9 Å². The Hall–Kier alpha value is -2.73. The number of rotatable bonds is 5. The molecule has 0 unspecified atom stereocenters. The minimum atomic E-state index is -0.0803. The van der Waals surface area contributed by atoms with Gasteiger partial charge in [-0.1, -0.05) is 30.3 Å². The molecule has 0 bridgehead atoms. The van der Waals surface area contributed by atoms with Crippen molar-refractivity contribution >= 4 is 11.6 Å². The molecule has 0 spiro atoms. The van der Waals surface area contributed by atoms with Crippen molar-refractivity contribution in [3.05, 3.63) is 66.4 Å². The van der Waals surface area contributed by atoms with Crippen LogP contribution < -0.4 is 0 Å². The lowest BCUT2D eigenvalue weighted by Gasteiger charge is -2.28. The lowest BCUT2D eigenvalue weighted by atomic mass is 10.1. The van der Waals surface area contributed by atoms with Crippen molar-refractivity contribution in [2.75, 3.05) is 19.8 Å². The largest absolute Gasteiger partial charge is 0.379 e. The number of benzene rings is 1. The monoisotopic (exact) mass is 336 g/mol. The van der Waals surface area contributed by atoms with Crippen LogP contribution in [-0.2, 0) is 11.2 Å². The van der Waals surface area contributed by atoms with Crippen molar-refractivity contribution in [1.29, 1.82) is 0 Å². The third kappa shape index (κ3) is 3.25. The van der Waals surface area contributed by atoms with Gasteiger partial charge in [-0.3, -0.25) is 4.79 Å².